The van der Waals surface area contributed by atoms with Crippen molar-refractivity contribution >= 4 is 128 Å². The Morgan fingerprint density at radius 2 is 0.787 bits per heavy atom. The fourth-order valence-corrected chi connectivity index (χ4v) is 17.5. The molecule has 0 radical (unpaired) electrons. The number of hydrogen-bond acceptors (Lipinski definition) is 20. The van der Waals surface area contributed by atoms with Crippen LogP contribution in [0.5, 0.6) is 0 Å². The Morgan fingerprint density at radius 3 is 1.18 bits per heavy atom. The normalized spacial score (nSPS) is 12.2. The number of aliphatic hydroxyl groups excluding tert-OH is 1. The molecule has 1 aliphatic heterocycles. The van der Waals surface area contributed by atoms with Crippen LogP contribution in [-0.4, -0.2) is 84.2 Å². The lowest BCUT2D eigenvalue weighted by molar-refractivity contribution is -0.138. The number of ketones is 1. The molecule has 15 aromatic rings. The summed E-state index contributed by atoms with van der Waals surface area (Å²) in [6.07, 6.45) is -14.2. The smallest absolute Gasteiger partial charge is 0.396 e. The molecule has 1 aliphatic rings. The van der Waals surface area contributed by atoms with Crippen molar-refractivity contribution in [3.8, 4) is 18.2 Å². The van der Waals surface area contributed by atoms with Crippen LogP contribution in [0.3, 0.4) is 0 Å². The van der Waals surface area contributed by atoms with E-state index in [4.69, 9.17) is 21.7 Å². The molecular formula is C92H53ClF25N14O13S5+. The summed E-state index contributed by atoms with van der Waals surface area (Å²) in [6.45, 7) is 0. The molecule has 0 fully saturated rings. The fourth-order valence-electron chi connectivity index (χ4n) is 12.5. The number of aromatic nitrogens is 5. The molecule has 6 heterocycles. The number of nitrogens with zero attached hydrogens (tertiary/aromatic N) is 6. The molecular weight excluding hydrogens is 2180 g/mol. The Balaban J connectivity index is 0.000000187. The van der Waals surface area contributed by atoms with Gasteiger partial charge in [-0.05, 0) is 194 Å². The number of carbonyl (C=O) groups excluding carboxylic acids is 2. The zero-order chi connectivity index (χ0) is 111. The Kier molecular flexibility index (Phi) is 35.4. The Labute approximate surface area is 831 Å². The summed E-state index contributed by atoms with van der Waals surface area (Å²) in [7, 11) is -16.9. The number of H-pyrrole nitrogens is 3. The number of fused-ring (bicyclic) bond motifs is 3. The number of nitrogen functional groups attached to an aromatic ring is 1. The number of carbonyl (C=O) groups is 2. The van der Waals surface area contributed by atoms with Gasteiger partial charge in [0.25, 0.3) is 60.8 Å². The highest BCUT2D eigenvalue weighted by atomic mass is 35.7. The predicted molar refractivity (Wildman–Crippen MR) is 483 cm³/mol. The summed E-state index contributed by atoms with van der Waals surface area (Å²) in [5.41, 5.74) is -4.61. The summed E-state index contributed by atoms with van der Waals surface area (Å²) < 4.78 is 451. The van der Waals surface area contributed by atoms with E-state index >= 15 is 8.78 Å². The average Bonchev–Trinajstić information content (AvgIpc) is 1.56. The van der Waals surface area contributed by atoms with Gasteiger partial charge in [0, 0.05) is 76.2 Å². The minimum absolute atomic E-state index is 0.0135. The first-order valence-electron chi connectivity index (χ1n) is 40.0. The van der Waals surface area contributed by atoms with Gasteiger partial charge in [-0.15, -0.1) is 0 Å². The average molecular weight is 2230 g/mol. The summed E-state index contributed by atoms with van der Waals surface area (Å²) >= 11 is 0. The van der Waals surface area contributed by atoms with Crippen molar-refractivity contribution in [2.45, 2.75) is 61.5 Å². The SMILES string of the molecule is N#CC1=c2cc[nH]c2=NC=[C+]1.N#Cc1ccnc2[nH]cc(C(=O)c3c(F)ccc(NS(=O)(=O)c4ccc(C(F)(F)F)cc4)c3F)c12.N#Cc1ccnc2[nH]cc(C(O)c3c(F)ccc(NS(=O)(=O)c4ccc(C(F)(F)F)cc4)c3F)c12.Nc1ccc(F)cc1F.O=Cc1c(F)ccc(NS(=O)(=O)c2ccc(C(F)(F)F)cc2)c1F.O=S(=O)(Cl)c1ccc(C(F)(F)F)cc1.O=S(=O)(Nc1ccc(F)cc1F)c1ccc(C(F)(F)F)cc1. The number of halogens is 26. The standard InChI is InChI=1S/C22H13F5N4O3S.C22H11F5N4O3S.C14H8F5NO3S.C13H8F5NO2S.C8H4N3.C7H4ClF3O2S.C6H5F2N/c2*23-15-5-6-16(31-35(33,34)13-3-1-12(2-4-13)22(25,26)27)19(24)18(15)20(32)14-10-30-21-17(14)11(9-28)7-8-29-21;15-11-5-6-12(13(16)10(11)7-21)20-24(22,23)9-3-1-8(2-4-9)14(17,18)19;14-9-3-6-12(11(15)7-9)19-22(20,21)10-4-1-8(2-5-10)13(16,17)18;9-5-6-1-3-10-8-7(6)2-4-11-8;8-14(12,13)6-3-1-5(2-4-6)7(9,10)11;7-4-1-2-6(9)5(8)3-4/h1-8,10,20,31-32H,(H,29,30);1-8,10,31H,(H,29,30);1-7,20H;1-7,19H;2-4H,(H,10,11);1-4H;1-3H,9H2/q;;;;+1;;. The van der Waals surface area contributed by atoms with Crippen molar-refractivity contribution in [2.75, 3.05) is 24.6 Å². The minimum Gasteiger partial charge on any atom is -0.396 e. The summed E-state index contributed by atoms with van der Waals surface area (Å²) in [6, 6.07) is 32.7. The number of pyridine rings is 2. The third-order valence-corrected chi connectivity index (χ3v) is 26.6. The highest BCUT2D eigenvalue weighted by molar-refractivity contribution is 8.13. The summed E-state index contributed by atoms with van der Waals surface area (Å²) in [5.74, 6) is -12.7. The van der Waals surface area contributed by atoms with E-state index in [0.717, 1.165) is 83.6 Å². The number of sulfonamides is 4. The number of nitrogens with one attached hydrogen (secondary N) is 7. The maximum Gasteiger partial charge on any atom is 0.416 e. The van der Waals surface area contributed by atoms with Gasteiger partial charge >= 0.3 is 30.9 Å². The number of alkyl halides is 15. The number of allylic oxidation sites excluding steroid dienone is 1. The van der Waals surface area contributed by atoms with Crippen LogP contribution < -0.4 is 35.3 Å². The van der Waals surface area contributed by atoms with Gasteiger partial charge in [-0.1, -0.05) is 5.26 Å². The number of aromatic amines is 3. The lowest BCUT2D eigenvalue weighted by Crippen LogP contribution is -2.25. The Hall–Kier alpha value is -16.8. The topological polar surface area (TPSA) is 456 Å². The van der Waals surface area contributed by atoms with Gasteiger partial charge in [0.2, 0.25) is 11.3 Å². The number of nitrogens with two attached hydrogens (primary N) is 1. The van der Waals surface area contributed by atoms with Gasteiger partial charge in [0.1, 0.15) is 64.3 Å². The molecule has 0 aliphatic carbocycles. The van der Waals surface area contributed by atoms with Crippen LogP contribution in [0.2, 0.25) is 0 Å². The molecule has 150 heavy (non-hydrogen) atoms. The van der Waals surface area contributed by atoms with Gasteiger partial charge in [0.15, 0.2) is 29.0 Å². The lowest BCUT2D eigenvalue weighted by Gasteiger charge is -2.16. The van der Waals surface area contributed by atoms with E-state index < -0.39 is 237 Å². The number of hydrogen-bond donors (Lipinski definition) is 9. The van der Waals surface area contributed by atoms with Gasteiger partial charge < -0.3 is 25.8 Å². The highest BCUT2D eigenvalue weighted by Crippen LogP contribution is 2.41. The van der Waals surface area contributed by atoms with Crippen molar-refractivity contribution in [1.29, 1.82) is 15.8 Å². The van der Waals surface area contributed by atoms with E-state index in [0.29, 0.717) is 127 Å². The maximum absolute atomic E-state index is 15.3. The van der Waals surface area contributed by atoms with E-state index in [1.54, 1.807) is 10.9 Å². The van der Waals surface area contributed by atoms with Crippen molar-refractivity contribution in [1.82, 2.24) is 24.9 Å². The van der Waals surface area contributed by atoms with Crippen LogP contribution >= 0.6 is 10.7 Å². The molecule has 780 valence electrons. The highest BCUT2D eigenvalue weighted by Gasteiger charge is 2.38. The number of rotatable bonds is 18. The quantitative estimate of drug-likeness (QED) is 0.00962. The first kappa shape index (κ1) is 115. The fraction of sp³-hybridized carbons (Fsp3) is 0.0652. The third-order valence-electron chi connectivity index (χ3n) is 19.7. The molecule has 0 amide bonds. The lowest BCUT2D eigenvalue weighted by atomic mass is 9.98. The van der Waals surface area contributed by atoms with Crippen LogP contribution in [0.1, 0.15) is 82.5 Å². The van der Waals surface area contributed by atoms with Gasteiger partial charge in [0.05, 0.1) is 132 Å². The van der Waals surface area contributed by atoms with E-state index in [1.807, 2.05) is 38.4 Å². The van der Waals surface area contributed by atoms with E-state index in [-0.39, 0.29) is 61.2 Å². The molecule has 1 atom stereocenters. The van der Waals surface area contributed by atoms with Crippen LogP contribution in [0.4, 0.5) is 138 Å². The van der Waals surface area contributed by atoms with Crippen LogP contribution in [0.25, 0.3) is 27.6 Å². The van der Waals surface area contributed by atoms with E-state index in [1.165, 1.54) is 43.0 Å². The molecule has 10 N–H and O–H groups in total. The Morgan fingerprint density at radius 1 is 0.420 bits per heavy atom. The summed E-state index contributed by atoms with van der Waals surface area (Å²) in [4.78, 5) is 41.1. The molecule has 1 unspecified atom stereocenters. The molecule has 10 aromatic carbocycles. The first-order chi connectivity index (χ1) is 69.8. The predicted octanol–water partition coefficient (Wildman–Crippen LogP) is 20.6. The number of aldehydes is 1. The van der Waals surface area contributed by atoms with Gasteiger partial charge in [-0.25, -0.2) is 101 Å². The number of benzene rings is 10. The first-order valence-corrected chi connectivity index (χ1v) is 48.3. The van der Waals surface area contributed by atoms with Crippen molar-refractivity contribution in [2.24, 2.45) is 4.99 Å². The van der Waals surface area contributed by atoms with E-state index in [9.17, 15) is 168 Å². The van der Waals surface area contributed by atoms with Crippen LogP contribution in [-0.2, 0) is 80.0 Å². The molecule has 0 saturated heterocycles. The second-order valence-corrected chi connectivity index (χ2v) is 38.8. The monoisotopic (exact) mass is 2230 g/mol. The van der Waals surface area contributed by atoms with Crippen molar-refractivity contribution in [3.05, 3.63) is 391 Å². The summed E-state index contributed by atoms with van der Waals surface area (Å²) in [5, 5.41) is 39.0. The van der Waals surface area contributed by atoms with Gasteiger partial charge in [-0.2, -0.15) is 76.4 Å². The zero-order valence-corrected chi connectivity index (χ0v) is 78.1. The largest absolute Gasteiger partial charge is 0.416 e. The second kappa shape index (κ2) is 46.1. The van der Waals surface area contributed by atoms with Crippen LogP contribution in [0.15, 0.2) is 279 Å². The van der Waals surface area contributed by atoms with Crippen molar-refractivity contribution in [3.63, 3.8) is 0 Å². The molecule has 0 saturated carbocycles. The molecule has 5 aromatic heterocycles. The molecule has 58 heteroatoms. The number of aliphatic hydroxyl groups is 1. The molecule has 27 nitrogen and oxygen atoms in total. The minimum atomic E-state index is -4.70. The van der Waals surface area contributed by atoms with E-state index in [2.05, 4.69) is 36.0 Å². The molecule has 16 rings (SSSR count). The molecule has 0 spiro atoms. The second-order valence-electron chi connectivity index (χ2n) is 29.5. The Bertz CT molecular complexity index is 8590. The maximum atomic E-state index is 15.3. The van der Waals surface area contributed by atoms with Crippen LogP contribution in [0, 0.1) is 98.2 Å². The van der Waals surface area contributed by atoms with Crippen molar-refractivity contribution < 1.29 is 167 Å². The zero-order valence-electron chi connectivity index (χ0n) is 73.3. The van der Waals surface area contributed by atoms with Gasteiger partial charge in [-0.3, -0.25) is 28.5 Å². The number of nitriles is 3. The number of anilines is 5. The third kappa shape index (κ3) is 28.3. The molecule has 0 bridgehead atoms.